The zero-order valence-electron chi connectivity index (χ0n) is 25.6. The van der Waals surface area contributed by atoms with Crippen molar-refractivity contribution < 1.29 is 36.6 Å². The van der Waals surface area contributed by atoms with E-state index in [-0.39, 0.29) is 56.0 Å². The zero-order valence-corrected chi connectivity index (χ0v) is 25.6. The van der Waals surface area contributed by atoms with Crippen LogP contribution in [0.25, 0.3) is 22.0 Å². The lowest BCUT2D eigenvalue weighted by Gasteiger charge is -2.41. The van der Waals surface area contributed by atoms with Gasteiger partial charge < -0.3 is 34.6 Å². The molecule has 3 aliphatic heterocycles. The highest BCUT2D eigenvalue weighted by atomic mass is 19.4. The van der Waals surface area contributed by atoms with Crippen molar-refractivity contribution in [1.82, 2.24) is 19.8 Å². The van der Waals surface area contributed by atoms with Gasteiger partial charge in [0.15, 0.2) is 5.83 Å². The van der Waals surface area contributed by atoms with Crippen molar-refractivity contribution in [2.75, 3.05) is 57.1 Å². The van der Waals surface area contributed by atoms with Gasteiger partial charge in [0, 0.05) is 48.9 Å². The van der Waals surface area contributed by atoms with Crippen LogP contribution in [0, 0.1) is 11.3 Å². The summed E-state index contributed by atoms with van der Waals surface area (Å²) in [6.45, 7) is 5.08. The number of alkyl halides is 3. The molecule has 2 saturated heterocycles. The third-order valence-corrected chi connectivity index (χ3v) is 8.80. The van der Waals surface area contributed by atoms with Crippen molar-refractivity contribution in [2.24, 2.45) is 0 Å². The van der Waals surface area contributed by atoms with E-state index in [2.05, 4.69) is 22.3 Å². The van der Waals surface area contributed by atoms with Crippen LogP contribution < -0.4 is 24.8 Å². The zero-order chi connectivity index (χ0) is 33.5. The lowest BCUT2D eigenvalue weighted by atomic mass is 9.94. The third kappa shape index (κ3) is 6.55. The molecule has 0 bridgehead atoms. The fraction of sp³-hybridized carbons (Fsp3) is 0.438. The maximum absolute atomic E-state index is 13.9. The number of rotatable bonds is 8. The van der Waals surface area contributed by atoms with Crippen LogP contribution in [-0.2, 0) is 11.2 Å². The number of carbonyl (C=O) groups excluding carboxylic acids is 1. The molecule has 1 amide bonds. The molecular formula is C32H33F4N7O4. The molecule has 2 N–H and O–H groups in total. The molecule has 0 radical (unpaired) electrons. The van der Waals surface area contributed by atoms with Gasteiger partial charge in [-0.2, -0.15) is 15.2 Å². The number of nitrogens with zero attached hydrogens (tertiary/aromatic N) is 6. The molecule has 248 valence electrons. The summed E-state index contributed by atoms with van der Waals surface area (Å²) in [6, 6.07) is 7.16. The highest BCUT2D eigenvalue weighted by molar-refractivity contribution is 6.01. The summed E-state index contributed by atoms with van der Waals surface area (Å²) < 4.78 is 70.8. The predicted octanol–water partition coefficient (Wildman–Crippen LogP) is 4.60. The van der Waals surface area contributed by atoms with Crippen LogP contribution in [-0.4, -0.2) is 90.6 Å². The van der Waals surface area contributed by atoms with Gasteiger partial charge in [-0.25, -0.2) is 4.39 Å². The van der Waals surface area contributed by atoms with E-state index in [0.717, 1.165) is 19.4 Å². The average Bonchev–Trinajstić information content (AvgIpc) is 3.68. The summed E-state index contributed by atoms with van der Waals surface area (Å²) in [6.07, 6.45) is -2.66. The number of likely N-dealkylation sites (tertiary alicyclic amines) is 1. The molecule has 11 nitrogen and oxygen atoms in total. The van der Waals surface area contributed by atoms with E-state index in [1.54, 1.807) is 6.07 Å². The van der Waals surface area contributed by atoms with Crippen molar-refractivity contribution in [3.05, 3.63) is 42.2 Å². The summed E-state index contributed by atoms with van der Waals surface area (Å²) in [5, 5.41) is 10.0. The Labute approximate surface area is 268 Å². The number of halogens is 4. The van der Waals surface area contributed by atoms with Crippen LogP contribution in [0.1, 0.15) is 24.8 Å². The molecule has 0 saturated carbocycles. The van der Waals surface area contributed by atoms with Gasteiger partial charge in [-0.15, -0.1) is 13.2 Å². The summed E-state index contributed by atoms with van der Waals surface area (Å²) in [5.74, 6) is -1.62. The Morgan fingerprint density at radius 2 is 2.00 bits per heavy atom. The van der Waals surface area contributed by atoms with E-state index in [4.69, 9.17) is 25.2 Å². The number of nitrogen functional groups attached to an aromatic ring is 1. The van der Waals surface area contributed by atoms with Crippen LogP contribution >= 0.6 is 0 Å². The molecule has 15 heteroatoms. The van der Waals surface area contributed by atoms with Gasteiger partial charge in [0.2, 0.25) is 0 Å². The van der Waals surface area contributed by atoms with Crippen molar-refractivity contribution in [3.63, 3.8) is 0 Å². The molecule has 0 spiro atoms. The third-order valence-electron chi connectivity index (χ3n) is 8.80. The smallest absolute Gasteiger partial charge is 0.492 e. The van der Waals surface area contributed by atoms with Crippen LogP contribution in [0.4, 0.5) is 29.1 Å². The number of likely N-dealkylation sites (N-methyl/N-ethyl adjacent to an activating group) is 1. The molecule has 47 heavy (non-hydrogen) atoms. The molecule has 1 aromatic heterocycles. The predicted molar refractivity (Wildman–Crippen MR) is 165 cm³/mol. The van der Waals surface area contributed by atoms with Gasteiger partial charge in [0.1, 0.15) is 23.9 Å². The molecule has 3 aliphatic rings. The highest BCUT2D eigenvalue weighted by Gasteiger charge is 2.36. The minimum absolute atomic E-state index is 0.0449. The quantitative estimate of drug-likeness (QED) is 0.209. The summed E-state index contributed by atoms with van der Waals surface area (Å²) in [7, 11) is 2.01. The minimum atomic E-state index is -4.94. The summed E-state index contributed by atoms with van der Waals surface area (Å²) in [4.78, 5) is 27.4. The van der Waals surface area contributed by atoms with E-state index in [9.17, 15) is 27.6 Å². The lowest BCUT2D eigenvalue weighted by Crippen LogP contribution is -2.55. The molecule has 0 aliphatic carbocycles. The first kappa shape index (κ1) is 32.1. The molecular weight excluding hydrogens is 622 g/mol. The molecule has 2 aromatic carbocycles. The number of hydrogen-bond donors (Lipinski definition) is 1. The fourth-order valence-corrected chi connectivity index (χ4v) is 6.54. The van der Waals surface area contributed by atoms with Gasteiger partial charge in [-0.05, 0) is 56.3 Å². The van der Waals surface area contributed by atoms with E-state index < -0.39 is 29.9 Å². The Morgan fingerprint density at radius 3 is 2.70 bits per heavy atom. The Hall–Kier alpha value is -4.84. The van der Waals surface area contributed by atoms with Crippen molar-refractivity contribution >= 4 is 28.3 Å². The SMILES string of the molecule is C=C(F)C(=O)N1CCN(c2nc(OC[C@@H]3CCCN3C)nc3cc(-c4cc(N)ccc4OC(F)(F)F)c4c(c23)OCC4)C[C@@H]1CC#N. The minimum Gasteiger partial charge on any atom is -0.492 e. The lowest BCUT2D eigenvalue weighted by molar-refractivity contribution is -0.274. The fourth-order valence-electron chi connectivity index (χ4n) is 6.54. The summed E-state index contributed by atoms with van der Waals surface area (Å²) >= 11 is 0. The summed E-state index contributed by atoms with van der Waals surface area (Å²) in [5.41, 5.74) is 7.75. The Morgan fingerprint density at radius 1 is 1.19 bits per heavy atom. The normalized spacial score (nSPS) is 19.7. The average molecular weight is 656 g/mol. The number of anilines is 2. The number of aromatic nitrogens is 2. The number of nitriles is 1. The number of amides is 1. The first-order valence-electron chi connectivity index (χ1n) is 15.2. The Kier molecular flexibility index (Phi) is 8.71. The first-order chi connectivity index (χ1) is 22.4. The highest BCUT2D eigenvalue weighted by Crippen LogP contribution is 2.47. The second-order valence-corrected chi connectivity index (χ2v) is 11.8. The standard InChI is InChI=1S/C32H33F4N7O4/c1-18(33)30(44)43-12-11-42(16-20(43)7-9-37)29-27-25(39-31(40-29)46-17-21-4-3-10-41(21)2)15-23(22-8-13-45-28(22)27)24-14-19(38)5-6-26(24)47-32(34,35)36/h5-6,14-15,20-21H,1,3-4,7-8,10-13,16-17,38H2,2H3/t20-,21-/m0/s1. The number of ether oxygens (including phenoxy) is 3. The number of piperazine rings is 1. The number of benzene rings is 2. The second-order valence-electron chi connectivity index (χ2n) is 11.8. The van der Waals surface area contributed by atoms with Crippen LogP contribution in [0.2, 0.25) is 0 Å². The van der Waals surface area contributed by atoms with Crippen LogP contribution in [0.15, 0.2) is 36.7 Å². The largest absolute Gasteiger partial charge is 0.573 e. The number of carbonyl (C=O) groups is 1. The van der Waals surface area contributed by atoms with E-state index in [1.807, 2.05) is 11.9 Å². The number of nitrogens with two attached hydrogens (primary N) is 1. The molecule has 0 unspecified atom stereocenters. The second kappa shape index (κ2) is 12.7. The van der Waals surface area contributed by atoms with Crippen molar-refractivity contribution in [2.45, 2.75) is 44.1 Å². The van der Waals surface area contributed by atoms with Crippen LogP contribution in [0.5, 0.6) is 17.5 Å². The molecule has 4 heterocycles. The maximum atomic E-state index is 13.9. The van der Waals surface area contributed by atoms with Gasteiger partial charge in [0.05, 0.1) is 36.0 Å². The number of hydrogen-bond acceptors (Lipinski definition) is 10. The Bertz CT molecular complexity index is 1760. The van der Waals surface area contributed by atoms with Crippen molar-refractivity contribution in [3.8, 4) is 34.7 Å². The first-order valence-corrected chi connectivity index (χ1v) is 15.2. The van der Waals surface area contributed by atoms with Gasteiger partial charge in [-0.3, -0.25) is 4.79 Å². The maximum Gasteiger partial charge on any atom is 0.573 e. The molecule has 2 atom stereocenters. The van der Waals surface area contributed by atoms with E-state index >= 15 is 0 Å². The van der Waals surface area contributed by atoms with Gasteiger partial charge >= 0.3 is 12.4 Å². The Balaban J connectivity index is 1.49. The monoisotopic (exact) mass is 655 g/mol. The molecule has 6 rings (SSSR count). The molecule has 2 fully saturated rings. The van der Waals surface area contributed by atoms with E-state index in [0.29, 0.717) is 46.6 Å². The van der Waals surface area contributed by atoms with Crippen molar-refractivity contribution in [1.29, 1.82) is 5.26 Å². The van der Waals surface area contributed by atoms with Gasteiger partial charge in [0.25, 0.3) is 5.91 Å². The molecule has 3 aromatic rings. The van der Waals surface area contributed by atoms with Crippen LogP contribution in [0.3, 0.4) is 0 Å². The number of fused-ring (bicyclic) bond motifs is 3. The van der Waals surface area contributed by atoms with E-state index in [1.165, 1.54) is 23.1 Å². The van der Waals surface area contributed by atoms with Gasteiger partial charge in [-0.1, -0.05) is 6.58 Å². The topological polar surface area (TPSA) is 130 Å².